The van der Waals surface area contributed by atoms with Crippen molar-refractivity contribution < 1.29 is 22.7 Å². The molecule has 4 nitrogen and oxygen atoms in total. The van der Waals surface area contributed by atoms with Crippen LogP contribution in [0.15, 0.2) is 46.2 Å². The van der Waals surface area contributed by atoms with E-state index in [4.69, 9.17) is 10.5 Å². The van der Waals surface area contributed by atoms with Crippen molar-refractivity contribution in [3.63, 3.8) is 0 Å². The molecule has 25 heavy (non-hydrogen) atoms. The molecule has 0 aliphatic heterocycles. The van der Waals surface area contributed by atoms with Gasteiger partial charge in [0.25, 0.3) is 5.91 Å². The molecule has 0 aliphatic rings. The zero-order valence-corrected chi connectivity index (χ0v) is 14.6. The minimum atomic E-state index is -0.891. The molecule has 2 aromatic carbocycles. The number of carbonyl (C=O) groups is 1. The summed E-state index contributed by atoms with van der Waals surface area (Å²) in [4.78, 5) is 11.9. The lowest BCUT2D eigenvalue weighted by Crippen LogP contribution is -2.20. The number of carbonyl (C=O) groups excluding carboxylic acids is 1. The molecule has 0 heterocycles. The molecular weight excluding hydrogens is 373 g/mol. The molecule has 1 amide bonds. The second kappa shape index (κ2) is 9.59. The second-order valence-electron chi connectivity index (χ2n) is 4.77. The van der Waals surface area contributed by atoms with Crippen molar-refractivity contribution in [3.05, 3.63) is 53.8 Å². The van der Waals surface area contributed by atoms with E-state index in [2.05, 4.69) is 4.72 Å². The highest BCUT2D eigenvalue weighted by molar-refractivity contribution is 7.99. The Hall–Kier alpha value is -1.84. The van der Waals surface area contributed by atoms with Gasteiger partial charge in [-0.15, -0.1) is 11.8 Å². The number of ether oxygens (including phenoxy) is 1. The smallest absolute Gasteiger partial charge is 0.255 e. The first-order chi connectivity index (χ1) is 12.0. The fraction of sp³-hybridized carbons (Fsp3) is 0.188. The van der Waals surface area contributed by atoms with E-state index >= 15 is 0 Å². The van der Waals surface area contributed by atoms with Crippen LogP contribution in [0, 0.1) is 17.5 Å². The Balaban J connectivity index is 1.78. The average Bonchev–Trinajstić information content (AvgIpc) is 2.55. The van der Waals surface area contributed by atoms with Crippen LogP contribution in [0.4, 0.5) is 13.2 Å². The molecular formula is C16H15F3N2O2S2. The molecule has 0 aromatic heterocycles. The average molecular weight is 388 g/mol. The molecule has 0 bridgehead atoms. The van der Waals surface area contributed by atoms with E-state index in [-0.39, 0.29) is 5.82 Å². The Morgan fingerprint density at radius 3 is 2.32 bits per heavy atom. The third kappa shape index (κ3) is 6.52. The summed E-state index contributed by atoms with van der Waals surface area (Å²) in [6.45, 7) is -0.0271. The number of thioether (sulfide) groups is 1. The standard InChI is InChI=1S/C16H15F3N2O2S2/c17-10-1-3-11(4-2-10)25-21-5-6-24-12-7-13(18)16(14(19)8-12)23-9-15(20)22/h1-4,7-8,21H,5-6,9H2,(H2,20,22). The van der Waals surface area contributed by atoms with Crippen LogP contribution in [-0.2, 0) is 4.79 Å². The van der Waals surface area contributed by atoms with Gasteiger partial charge in [0.1, 0.15) is 5.82 Å². The Morgan fingerprint density at radius 1 is 1.08 bits per heavy atom. The van der Waals surface area contributed by atoms with E-state index in [1.807, 2.05) is 0 Å². The zero-order chi connectivity index (χ0) is 18.2. The number of amides is 1. The van der Waals surface area contributed by atoms with Crippen LogP contribution in [0.3, 0.4) is 0 Å². The maximum absolute atomic E-state index is 13.8. The van der Waals surface area contributed by atoms with Crippen LogP contribution in [0.25, 0.3) is 0 Å². The van der Waals surface area contributed by atoms with Gasteiger partial charge in [-0.2, -0.15) is 0 Å². The number of nitrogens with one attached hydrogen (secondary N) is 1. The Morgan fingerprint density at radius 2 is 1.72 bits per heavy atom. The first-order valence-corrected chi connectivity index (χ1v) is 8.94. The van der Waals surface area contributed by atoms with Crippen LogP contribution in [0.2, 0.25) is 0 Å². The predicted octanol–water partition coefficient (Wildman–Crippen LogP) is 3.36. The number of halogens is 3. The highest BCUT2D eigenvalue weighted by atomic mass is 32.2. The molecule has 0 saturated heterocycles. The van der Waals surface area contributed by atoms with E-state index in [0.717, 1.165) is 17.0 Å². The van der Waals surface area contributed by atoms with Crippen LogP contribution >= 0.6 is 23.7 Å². The van der Waals surface area contributed by atoms with Gasteiger partial charge in [0.05, 0.1) is 0 Å². The molecule has 2 rings (SSSR count). The van der Waals surface area contributed by atoms with E-state index < -0.39 is 29.9 Å². The maximum Gasteiger partial charge on any atom is 0.255 e. The first-order valence-electron chi connectivity index (χ1n) is 7.14. The summed E-state index contributed by atoms with van der Waals surface area (Å²) in [5, 5.41) is 0. The number of nitrogens with two attached hydrogens (primary N) is 1. The Kier molecular flexibility index (Phi) is 7.48. The summed E-state index contributed by atoms with van der Waals surface area (Å²) >= 11 is 2.60. The number of rotatable bonds is 9. The molecule has 9 heteroatoms. The highest BCUT2D eigenvalue weighted by Gasteiger charge is 2.14. The summed E-state index contributed by atoms with van der Waals surface area (Å²) in [7, 11) is 0. The lowest BCUT2D eigenvalue weighted by molar-refractivity contribution is -0.120. The van der Waals surface area contributed by atoms with E-state index in [9.17, 15) is 18.0 Å². The monoisotopic (exact) mass is 388 g/mol. The normalized spacial score (nSPS) is 10.7. The van der Waals surface area contributed by atoms with Crippen LogP contribution in [0.5, 0.6) is 5.75 Å². The first kappa shape index (κ1) is 19.5. The predicted molar refractivity (Wildman–Crippen MR) is 92.0 cm³/mol. The van der Waals surface area contributed by atoms with Crippen molar-refractivity contribution in [1.82, 2.24) is 4.72 Å². The lowest BCUT2D eigenvalue weighted by atomic mass is 10.3. The molecule has 2 aromatic rings. The SMILES string of the molecule is NC(=O)COc1c(F)cc(SCCNSc2ccc(F)cc2)cc1F. The van der Waals surface area contributed by atoms with Crippen molar-refractivity contribution in [1.29, 1.82) is 0 Å². The van der Waals surface area contributed by atoms with Crippen molar-refractivity contribution in [2.45, 2.75) is 9.79 Å². The lowest BCUT2D eigenvalue weighted by Gasteiger charge is -2.09. The van der Waals surface area contributed by atoms with Gasteiger partial charge in [-0.05, 0) is 48.3 Å². The van der Waals surface area contributed by atoms with E-state index in [1.54, 1.807) is 12.1 Å². The van der Waals surface area contributed by atoms with Gasteiger partial charge in [0.2, 0.25) is 0 Å². The number of primary amides is 1. The number of benzene rings is 2. The van der Waals surface area contributed by atoms with E-state index in [1.165, 1.54) is 35.8 Å². The summed E-state index contributed by atoms with van der Waals surface area (Å²) < 4.78 is 48.2. The van der Waals surface area contributed by atoms with Gasteiger partial charge in [0.15, 0.2) is 24.0 Å². The van der Waals surface area contributed by atoms with Crippen molar-refractivity contribution in [3.8, 4) is 5.75 Å². The second-order valence-corrected chi connectivity index (χ2v) is 6.90. The van der Waals surface area contributed by atoms with Gasteiger partial charge < -0.3 is 10.5 Å². The largest absolute Gasteiger partial charge is 0.478 e. The zero-order valence-electron chi connectivity index (χ0n) is 12.9. The minimum absolute atomic E-state index is 0.299. The van der Waals surface area contributed by atoms with Crippen molar-refractivity contribution in [2.75, 3.05) is 18.9 Å². The van der Waals surface area contributed by atoms with Crippen LogP contribution in [0.1, 0.15) is 0 Å². The number of hydrogen-bond acceptors (Lipinski definition) is 5. The van der Waals surface area contributed by atoms with Crippen LogP contribution < -0.4 is 15.2 Å². The third-order valence-corrected chi connectivity index (χ3v) is 4.64. The fourth-order valence-electron chi connectivity index (χ4n) is 1.75. The molecule has 0 spiro atoms. The Bertz CT molecular complexity index is 707. The number of hydrogen-bond donors (Lipinski definition) is 2. The summed E-state index contributed by atoms with van der Waals surface area (Å²) in [5.74, 6) is -2.95. The maximum atomic E-state index is 13.8. The third-order valence-electron chi connectivity index (χ3n) is 2.81. The van der Waals surface area contributed by atoms with Crippen LogP contribution in [-0.4, -0.2) is 24.8 Å². The molecule has 0 unspecified atom stereocenters. The highest BCUT2D eigenvalue weighted by Crippen LogP contribution is 2.28. The molecule has 134 valence electrons. The van der Waals surface area contributed by atoms with Gasteiger partial charge in [-0.3, -0.25) is 9.52 Å². The van der Waals surface area contributed by atoms with Crippen molar-refractivity contribution in [2.24, 2.45) is 5.73 Å². The van der Waals surface area contributed by atoms with Crippen molar-refractivity contribution >= 4 is 29.6 Å². The molecule has 0 fully saturated rings. The quantitative estimate of drug-likeness (QED) is 0.392. The molecule has 0 radical (unpaired) electrons. The summed E-state index contributed by atoms with van der Waals surface area (Å²) in [6.07, 6.45) is 0. The summed E-state index contributed by atoms with van der Waals surface area (Å²) in [6, 6.07) is 8.30. The van der Waals surface area contributed by atoms with Gasteiger partial charge >= 0.3 is 0 Å². The molecule has 0 atom stereocenters. The molecule has 0 aliphatic carbocycles. The molecule has 3 N–H and O–H groups in total. The van der Waals surface area contributed by atoms with Gasteiger partial charge in [-0.25, -0.2) is 13.2 Å². The summed E-state index contributed by atoms with van der Waals surface area (Å²) in [5.41, 5.74) is 4.87. The topological polar surface area (TPSA) is 64.4 Å². The Labute approximate surface area is 151 Å². The molecule has 0 saturated carbocycles. The van der Waals surface area contributed by atoms with E-state index in [0.29, 0.717) is 17.2 Å². The van der Waals surface area contributed by atoms with Gasteiger partial charge in [-0.1, -0.05) is 0 Å². The fourth-order valence-corrected chi connectivity index (χ4v) is 3.33. The van der Waals surface area contributed by atoms with Gasteiger partial charge in [0, 0.05) is 22.1 Å². The minimum Gasteiger partial charge on any atom is -0.478 e.